The van der Waals surface area contributed by atoms with Gasteiger partial charge in [-0.05, 0) is 50.9 Å². The maximum atomic E-state index is 9.89. The molecule has 2 heteroatoms. The van der Waals surface area contributed by atoms with Crippen LogP contribution in [0.15, 0.2) is 0 Å². The highest BCUT2D eigenvalue weighted by molar-refractivity contribution is 4.97. The van der Waals surface area contributed by atoms with Gasteiger partial charge in [0, 0.05) is 13.1 Å². The van der Waals surface area contributed by atoms with Gasteiger partial charge in [0.15, 0.2) is 0 Å². The van der Waals surface area contributed by atoms with E-state index in [2.05, 4.69) is 5.32 Å². The van der Waals surface area contributed by atoms with E-state index in [0.717, 1.165) is 0 Å². The monoisotopic (exact) mass is 183 g/mol. The zero-order valence-electron chi connectivity index (χ0n) is 8.77. The molecule has 2 fully saturated rings. The summed E-state index contributed by atoms with van der Waals surface area (Å²) >= 11 is 0. The Kier molecular flexibility index (Phi) is 2.16. The van der Waals surface area contributed by atoms with Gasteiger partial charge >= 0.3 is 0 Å². The fraction of sp³-hybridized carbons (Fsp3) is 1.00. The Balaban J connectivity index is 1.89. The normalized spacial score (nSPS) is 28.8. The smallest absolute Gasteiger partial charge is 0.0619 e. The zero-order valence-corrected chi connectivity index (χ0v) is 8.77. The summed E-state index contributed by atoms with van der Waals surface area (Å²) in [6.07, 6.45) is 5.06. The minimum absolute atomic E-state index is 0.460. The fourth-order valence-electron chi connectivity index (χ4n) is 2.77. The molecule has 2 aliphatic rings. The molecule has 1 aliphatic carbocycles. The van der Waals surface area contributed by atoms with E-state index in [1.807, 2.05) is 13.8 Å². The average molecular weight is 183 g/mol. The summed E-state index contributed by atoms with van der Waals surface area (Å²) in [5.41, 5.74) is 0.167. The van der Waals surface area contributed by atoms with Crippen molar-refractivity contribution < 1.29 is 5.11 Å². The third-order valence-corrected chi connectivity index (χ3v) is 4.05. The molecule has 1 spiro atoms. The largest absolute Gasteiger partial charge is 0.390 e. The zero-order chi connectivity index (χ0) is 9.53. The van der Waals surface area contributed by atoms with Crippen molar-refractivity contribution in [2.45, 2.75) is 45.1 Å². The topological polar surface area (TPSA) is 32.3 Å². The molecule has 0 atom stereocenters. The van der Waals surface area contributed by atoms with E-state index in [9.17, 15) is 5.11 Å². The first-order valence-corrected chi connectivity index (χ1v) is 5.45. The van der Waals surface area contributed by atoms with Crippen molar-refractivity contribution in [3.8, 4) is 0 Å². The quantitative estimate of drug-likeness (QED) is 0.646. The van der Waals surface area contributed by atoms with Gasteiger partial charge in [-0.25, -0.2) is 0 Å². The van der Waals surface area contributed by atoms with E-state index in [1.165, 1.54) is 38.8 Å². The summed E-state index contributed by atoms with van der Waals surface area (Å²) in [4.78, 5) is 0. The Bertz CT molecular complexity index is 181. The molecule has 2 N–H and O–H groups in total. The van der Waals surface area contributed by atoms with Crippen LogP contribution in [0.1, 0.15) is 39.5 Å². The van der Waals surface area contributed by atoms with Crippen LogP contribution in [0, 0.1) is 11.3 Å². The number of nitrogens with one attached hydrogen (secondary N) is 1. The second-order valence-electron chi connectivity index (χ2n) is 5.53. The van der Waals surface area contributed by atoms with Crippen molar-refractivity contribution in [3.63, 3.8) is 0 Å². The van der Waals surface area contributed by atoms with Crippen LogP contribution in [0.4, 0.5) is 0 Å². The molecule has 0 unspecified atom stereocenters. The first-order chi connectivity index (χ1) is 6.02. The molecule has 1 heterocycles. The molecular weight excluding hydrogens is 162 g/mol. The molecule has 1 saturated carbocycles. The van der Waals surface area contributed by atoms with E-state index in [1.54, 1.807) is 0 Å². The summed E-state index contributed by atoms with van der Waals surface area (Å²) in [5, 5.41) is 13.3. The Hall–Kier alpha value is -0.0800. The van der Waals surface area contributed by atoms with Crippen LogP contribution in [0.2, 0.25) is 0 Å². The minimum Gasteiger partial charge on any atom is -0.390 e. The van der Waals surface area contributed by atoms with Crippen molar-refractivity contribution in [1.29, 1.82) is 0 Å². The Morgan fingerprint density at radius 2 is 1.77 bits per heavy atom. The van der Waals surface area contributed by atoms with Crippen LogP contribution < -0.4 is 5.32 Å². The molecule has 0 aromatic rings. The molecule has 0 amide bonds. The average Bonchev–Trinajstić information content (AvgIpc) is 2.00. The van der Waals surface area contributed by atoms with E-state index >= 15 is 0 Å². The van der Waals surface area contributed by atoms with Crippen LogP contribution in [0.5, 0.6) is 0 Å². The molecule has 13 heavy (non-hydrogen) atoms. The Labute approximate surface area is 80.7 Å². The first-order valence-electron chi connectivity index (χ1n) is 5.45. The van der Waals surface area contributed by atoms with Gasteiger partial charge in [0.2, 0.25) is 0 Å². The van der Waals surface area contributed by atoms with E-state index in [0.29, 0.717) is 11.3 Å². The maximum Gasteiger partial charge on any atom is 0.0619 e. The SMILES string of the molecule is CC(C)(O)C1CCC2(CC1)CNC2. The highest BCUT2D eigenvalue weighted by Crippen LogP contribution is 2.44. The molecule has 1 aliphatic heterocycles. The summed E-state index contributed by atoms with van der Waals surface area (Å²) in [5.74, 6) is 0.527. The summed E-state index contributed by atoms with van der Waals surface area (Å²) < 4.78 is 0. The minimum atomic E-state index is -0.460. The molecule has 0 bridgehead atoms. The molecule has 2 nitrogen and oxygen atoms in total. The van der Waals surface area contributed by atoms with Crippen molar-refractivity contribution in [2.75, 3.05) is 13.1 Å². The van der Waals surface area contributed by atoms with Crippen LogP contribution in [0.25, 0.3) is 0 Å². The van der Waals surface area contributed by atoms with E-state index in [4.69, 9.17) is 0 Å². The lowest BCUT2D eigenvalue weighted by atomic mass is 9.64. The van der Waals surface area contributed by atoms with E-state index < -0.39 is 5.60 Å². The Morgan fingerprint density at radius 1 is 1.23 bits per heavy atom. The number of rotatable bonds is 1. The van der Waals surface area contributed by atoms with Crippen LogP contribution >= 0.6 is 0 Å². The van der Waals surface area contributed by atoms with Crippen molar-refractivity contribution in [3.05, 3.63) is 0 Å². The lowest BCUT2D eigenvalue weighted by molar-refractivity contribution is -0.0308. The summed E-state index contributed by atoms with van der Waals surface area (Å²) in [6, 6.07) is 0. The molecular formula is C11H21NO. The highest BCUT2D eigenvalue weighted by atomic mass is 16.3. The van der Waals surface area contributed by atoms with Gasteiger partial charge in [0.1, 0.15) is 0 Å². The van der Waals surface area contributed by atoms with Crippen LogP contribution in [0.3, 0.4) is 0 Å². The van der Waals surface area contributed by atoms with Gasteiger partial charge in [-0.2, -0.15) is 0 Å². The van der Waals surface area contributed by atoms with Crippen LogP contribution in [-0.2, 0) is 0 Å². The predicted molar refractivity (Wildman–Crippen MR) is 53.6 cm³/mol. The van der Waals surface area contributed by atoms with Gasteiger partial charge in [-0.3, -0.25) is 0 Å². The standard InChI is InChI=1S/C11H21NO/c1-10(2,13)9-3-5-11(6-4-9)7-12-8-11/h9,12-13H,3-8H2,1-2H3. The summed E-state index contributed by atoms with van der Waals surface area (Å²) in [7, 11) is 0. The third-order valence-electron chi connectivity index (χ3n) is 4.05. The maximum absolute atomic E-state index is 9.89. The van der Waals surface area contributed by atoms with Gasteiger partial charge in [0.25, 0.3) is 0 Å². The first kappa shape index (κ1) is 9.47. The molecule has 2 rings (SSSR count). The molecule has 1 saturated heterocycles. The highest BCUT2D eigenvalue weighted by Gasteiger charge is 2.42. The number of hydrogen-bond donors (Lipinski definition) is 2. The van der Waals surface area contributed by atoms with Crippen LogP contribution in [-0.4, -0.2) is 23.8 Å². The lowest BCUT2D eigenvalue weighted by Crippen LogP contribution is -2.55. The molecule has 76 valence electrons. The second kappa shape index (κ2) is 2.96. The van der Waals surface area contributed by atoms with Crippen molar-refractivity contribution in [1.82, 2.24) is 5.32 Å². The predicted octanol–water partition coefficient (Wildman–Crippen LogP) is 1.54. The lowest BCUT2D eigenvalue weighted by Gasteiger charge is -2.49. The van der Waals surface area contributed by atoms with Gasteiger partial charge in [-0.15, -0.1) is 0 Å². The molecule has 0 aromatic heterocycles. The fourth-order valence-corrected chi connectivity index (χ4v) is 2.77. The molecule has 0 aromatic carbocycles. The van der Waals surface area contributed by atoms with Gasteiger partial charge in [0.05, 0.1) is 5.60 Å². The van der Waals surface area contributed by atoms with Crippen molar-refractivity contribution >= 4 is 0 Å². The summed E-state index contributed by atoms with van der Waals surface area (Å²) in [6.45, 7) is 6.33. The Morgan fingerprint density at radius 3 is 2.08 bits per heavy atom. The second-order valence-corrected chi connectivity index (χ2v) is 5.53. The van der Waals surface area contributed by atoms with Crippen molar-refractivity contribution in [2.24, 2.45) is 11.3 Å². The van der Waals surface area contributed by atoms with Gasteiger partial charge in [-0.1, -0.05) is 0 Å². The number of aliphatic hydroxyl groups is 1. The van der Waals surface area contributed by atoms with Gasteiger partial charge < -0.3 is 10.4 Å². The molecule has 0 radical (unpaired) electrons. The number of hydrogen-bond acceptors (Lipinski definition) is 2. The van der Waals surface area contributed by atoms with E-state index in [-0.39, 0.29) is 0 Å². The third kappa shape index (κ3) is 1.75.